The fraction of sp³-hybridized carbons (Fsp3) is 1.00. The molecule has 0 bridgehead atoms. The highest BCUT2D eigenvalue weighted by Gasteiger charge is 2.03. The fourth-order valence-corrected chi connectivity index (χ4v) is 2.59. The molecule has 0 amide bonds. The third-order valence-corrected chi connectivity index (χ3v) is 3.96. The lowest BCUT2D eigenvalue weighted by Crippen LogP contribution is -1.96. The summed E-state index contributed by atoms with van der Waals surface area (Å²) < 4.78 is 0. The molecule has 0 heterocycles. The SMILES string of the molecule is CC(C)CCCCCCC(C)CCCCC(C)C. The summed E-state index contributed by atoms with van der Waals surface area (Å²) in [6.45, 7) is 11.8. The van der Waals surface area contributed by atoms with Crippen LogP contribution >= 0.6 is 0 Å². The van der Waals surface area contributed by atoms with Gasteiger partial charge in [0.05, 0.1) is 0 Å². The van der Waals surface area contributed by atoms with Crippen LogP contribution in [0, 0.1) is 17.8 Å². The standard InChI is InChI=1S/C18H38/c1-16(2)12-8-6-7-9-14-18(5)15-11-10-13-17(3)4/h16-18H,6-15H2,1-5H3. The van der Waals surface area contributed by atoms with Crippen LogP contribution in [0.5, 0.6) is 0 Å². The normalized spacial score (nSPS) is 13.5. The Balaban J connectivity index is 3.19. The summed E-state index contributed by atoms with van der Waals surface area (Å²) in [4.78, 5) is 0. The average Bonchev–Trinajstić information content (AvgIpc) is 2.28. The van der Waals surface area contributed by atoms with Crippen LogP contribution in [0.4, 0.5) is 0 Å². The molecule has 0 aromatic carbocycles. The zero-order chi connectivity index (χ0) is 13.8. The van der Waals surface area contributed by atoms with Crippen LogP contribution < -0.4 is 0 Å². The predicted molar refractivity (Wildman–Crippen MR) is 85.0 cm³/mol. The van der Waals surface area contributed by atoms with Crippen molar-refractivity contribution in [3.63, 3.8) is 0 Å². The minimum Gasteiger partial charge on any atom is -0.0628 e. The minimum atomic E-state index is 0.890. The van der Waals surface area contributed by atoms with Crippen molar-refractivity contribution in [1.29, 1.82) is 0 Å². The topological polar surface area (TPSA) is 0 Å². The van der Waals surface area contributed by atoms with Gasteiger partial charge in [0.25, 0.3) is 0 Å². The monoisotopic (exact) mass is 254 g/mol. The molecule has 0 radical (unpaired) electrons. The van der Waals surface area contributed by atoms with Crippen LogP contribution in [0.25, 0.3) is 0 Å². The molecule has 0 aliphatic carbocycles. The van der Waals surface area contributed by atoms with Gasteiger partial charge in [-0.25, -0.2) is 0 Å². The quantitative estimate of drug-likeness (QED) is 0.335. The smallest absolute Gasteiger partial charge is 0.0443 e. The molecule has 0 fully saturated rings. The molecule has 0 spiro atoms. The second kappa shape index (κ2) is 12.1. The van der Waals surface area contributed by atoms with Crippen LogP contribution in [-0.4, -0.2) is 0 Å². The summed E-state index contributed by atoms with van der Waals surface area (Å²) in [7, 11) is 0. The third-order valence-electron chi connectivity index (χ3n) is 3.96. The van der Waals surface area contributed by atoms with E-state index in [4.69, 9.17) is 0 Å². The molecule has 0 aromatic heterocycles. The van der Waals surface area contributed by atoms with Crippen molar-refractivity contribution in [1.82, 2.24) is 0 Å². The summed E-state index contributed by atoms with van der Waals surface area (Å²) in [5.74, 6) is 2.74. The Labute approximate surface area is 117 Å². The van der Waals surface area contributed by atoms with Gasteiger partial charge < -0.3 is 0 Å². The Bertz CT molecular complexity index is 157. The molecule has 0 heteroatoms. The first kappa shape index (κ1) is 18.0. The second-order valence-corrected chi connectivity index (χ2v) is 7.17. The van der Waals surface area contributed by atoms with E-state index in [0.29, 0.717) is 0 Å². The molecule has 0 aliphatic heterocycles. The van der Waals surface area contributed by atoms with Gasteiger partial charge in [0, 0.05) is 0 Å². The number of unbranched alkanes of at least 4 members (excludes halogenated alkanes) is 4. The zero-order valence-corrected chi connectivity index (χ0v) is 13.8. The molecule has 18 heavy (non-hydrogen) atoms. The first-order valence-corrected chi connectivity index (χ1v) is 8.52. The van der Waals surface area contributed by atoms with Crippen molar-refractivity contribution >= 4 is 0 Å². The Morgan fingerprint density at radius 1 is 0.444 bits per heavy atom. The van der Waals surface area contributed by atoms with E-state index in [1.807, 2.05) is 0 Å². The van der Waals surface area contributed by atoms with E-state index < -0.39 is 0 Å². The maximum Gasteiger partial charge on any atom is -0.0443 e. The van der Waals surface area contributed by atoms with Crippen LogP contribution in [0.2, 0.25) is 0 Å². The summed E-state index contributed by atoms with van der Waals surface area (Å²) in [6.07, 6.45) is 14.5. The highest BCUT2D eigenvalue weighted by molar-refractivity contribution is 4.56. The molecule has 0 saturated carbocycles. The van der Waals surface area contributed by atoms with E-state index in [1.54, 1.807) is 0 Å². The molecule has 0 saturated heterocycles. The maximum absolute atomic E-state index is 2.45. The van der Waals surface area contributed by atoms with Crippen molar-refractivity contribution in [2.24, 2.45) is 17.8 Å². The molecule has 110 valence electrons. The molecule has 0 nitrogen and oxygen atoms in total. The van der Waals surface area contributed by atoms with Gasteiger partial charge in [-0.15, -0.1) is 0 Å². The number of hydrogen-bond donors (Lipinski definition) is 0. The zero-order valence-electron chi connectivity index (χ0n) is 13.8. The minimum absolute atomic E-state index is 0.890. The van der Waals surface area contributed by atoms with Crippen molar-refractivity contribution in [3.05, 3.63) is 0 Å². The van der Waals surface area contributed by atoms with Crippen LogP contribution in [0.1, 0.15) is 98.8 Å². The van der Waals surface area contributed by atoms with Gasteiger partial charge in [0.2, 0.25) is 0 Å². The molecule has 1 unspecified atom stereocenters. The third kappa shape index (κ3) is 14.1. The predicted octanol–water partition coefficient (Wildman–Crippen LogP) is 6.84. The Morgan fingerprint density at radius 3 is 1.22 bits per heavy atom. The number of rotatable bonds is 12. The van der Waals surface area contributed by atoms with Gasteiger partial charge in [-0.2, -0.15) is 0 Å². The lowest BCUT2D eigenvalue weighted by atomic mass is 9.95. The van der Waals surface area contributed by atoms with Gasteiger partial charge in [-0.1, -0.05) is 98.8 Å². The highest BCUT2D eigenvalue weighted by atomic mass is 14.1. The van der Waals surface area contributed by atoms with Crippen LogP contribution in [-0.2, 0) is 0 Å². The molecule has 0 aromatic rings. The van der Waals surface area contributed by atoms with Gasteiger partial charge >= 0.3 is 0 Å². The van der Waals surface area contributed by atoms with E-state index >= 15 is 0 Å². The van der Waals surface area contributed by atoms with E-state index in [1.165, 1.54) is 64.2 Å². The van der Waals surface area contributed by atoms with Crippen molar-refractivity contribution < 1.29 is 0 Å². The first-order chi connectivity index (χ1) is 8.52. The lowest BCUT2D eigenvalue weighted by Gasteiger charge is -2.12. The summed E-state index contributed by atoms with van der Waals surface area (Å²) in [6, 6.07) is 0. The second-order valence-electron chi connectivity index (χ2n) is 7.17. The largest absolute Gasteiger partial charge is 0.0628 e. The molecule has 0 N–H and O–H groups in total. The Hall–Kier alpha value is 0. The maximum atomic E-state index is 2.45. The highest BCUT2D eigenvalue weighted by Crippen LogP contribution is 2.19. The molecular weight excluding hydrogens is 216 g/mol. The lowest BCUT2D eigenvalue weighted by molar-refractivity contribution is 0.420. The average molecular weight is 255 g/mol. The van der Waals surface area contributed by atoms with Crippen molar-refractivity contribution in [3.8, 4) is 0 Å². The van der Waals surface area contributed by atoms with Gasteiger partial charge in [-0.3, -0.25) is 0 Å². The van der Waals surface area contributed by atoms with Crippen molar-refractivity contribution in [2.45, 2.75) is 98.8 Å². The summed E-state index contributed by atoms with van der Waals surface area (Å²) in [5, 5.41) is 0. The van der Waals surface area contributed by atoms with E-state index in [9.17, 15) is 0 Å². The van der Waals surface area contributed by atoms with Gasteiger partial charge in [-0.05, 0) is 17.8 Å². The van der Waals surface area contributed by atoms with Crippen molar-refractivity contribution in [2.75, 3.05) is 0 Å². The van der Waals surface area contributed by atoms with Crippen LogP contribution in [0.15, 0.2) is 0 Å². The summed E-state index contributed by atoms with van der Waals surface area (Å²) >= 11 is 0. The first-order valence-electron chi connectivity index (χ1n) is 8.52. The molecule has 1 atom stereocenters. The van der Waals surface area contributed by atoms with Gasteiger partial charge in [0.1, 0.15) is 0 Å². The van der Waals surface area contributed by atoms with Gasteiger partial charge in [0.15, 0.2) is 0 Å². The summed E-state index contributed by atoms with van der Waals surface area (Å²) in [5.41, 5.74) is 0. The number of hydrogen-bond acceptors (Lipinski definition) is 0. The van der Waals surface area contributed by atoms with E-state index in [0.717, 1.165) is 17.8 Å². The van der Waals surface area contributed by atoms with Crippen LogP contribution in [0.3, 0.4) is 0 Å². The van der Waals surface area contributed by atoms with E-state index in [-0.39, 0.29) is 0 Å². The fourth-order valence-electron chi connectivity index (χ4n) is 2.59. The molecular formula is C18H38. The Kier molecular flexibility index (Phi) is 12.1. The molecule has 0 aliphatic rings. The Morgan fingerprint density at radius 2 is 0.778 bits per heavy atom. The van der Waals surface area contributed by atoms with E-state index in [2.05, 4.69) is 34.6 Å². The molecule has 0 rings (SSSR count).